The third-order valence-corrected chi connectivity index (χ3v) is 7.15. The summed E-state index contributed by atoms with van der Waals surface area (Å²) in [5, 5.41) is 5.26. The number of amides is 1. The average molecular weight is 474 g/mol. The van der Waals surface area contributed by atoms with Crippen molar-refractivity contribution in [1.82, 2.24) is 15.1 Å². The molecule has 0 aliphatic carbocycles. The van der Waals surface area contributed by atoms with Gasteiger partial charge in [-0.3, -0.25) is 14.6 Å². The summed E-state index contributed by atoms with van der Waals surface area (Å²) in [5.41, 5.74) is 1.03. The van der Waals surface area contributed by atoms with E-state index in [1.807, 2.05) is 18.2 Å². The molecule has 1 aromatic heterocycles. The molecule has 3 heterocycles. The number of nitrogens with one attached hydrogen (secondary N) is 1. The van der Waals surface area contributed by atoms with E-state index in [1.54, 1.807) is 18.4 Å². The van der Waals surface area contributed by atoms with Crippen molar-refractivity contribution in [2.45, 2.75) is 19.4 Å². The van der Waals surface area contributed by atoms with Crippen LogP contribution in [0, 0.1) is 5.92 Å². The number of methoxy groups -OCH3 is 1. The van der Waals surface area contributed by atoms with E-state index >= 15 is 0 Å². The Hall–Kier alpha value is -2.13. The fourth-order valence-corrected chi connectivity index (χ4v) is 5.07. The highest BCUT2D eigenvalue weighted by Gasteiger charge is 2.26. The number of carbonyl (C=O) groups excluding carboxylic acids is 1. The fourth-order valence-electron chi connectivity index (χ4n) is 4.33. The highest BCUT2D eigenvalue weighted by molar-refractivity contribution is 7.09. The summed E-state index contributed by atoms with van der Waals surface area (Å²) < 4.78 is 16.6. The van der Waals surface area contributed by atoms with Gasteiger partial charge < -0.3 is 19.5 Å². The van der Waals surface area contributed by atoms with Crippen LogP contribution in [0.4, 0.5) is 0 Å². The van der Waals surface area contributed by atoms with Gasteiger partial charge in [-0.05, 0) is 48.1 Å². The highest BCUT2D eigenvalue weighted by Crippen LogP contribution is 2.30. The van der Waals surface area contributed by atoms with Crippen LogP contribution in [0.3, 0.4) is 0 Å². The maximum absolute atomic E-state index is 12.7. The van der Waals surface area contributed by atoms with E-state index in [-0.39, 0.29) is 11.8 Å². The van der Waals surface area contributed by atoms with Crippen LogP contribution in [0.15, 0.2) is 35.7 Å². The Morgan fingerprint density at radius 3 is 2.94 bits per heavy atom. The van der Waals surface area contributed by atoms with Crippen molar-refractivity contribution in [3.8, 4) is 11.5 Å². The Morgan fingerprint density at radius 1 is 1.27 bits per heavy atom. The first-order chi connectivity index (χ1) is 16.2. The molecule has 1 amide bonds. The molecule has 1 atom stereocenters. The minimum Gasteiger partial charge on any atom is -0.497 e. The van der Waals surface area contributed by atoms with Crippen LogP contribution < -0.4 is 14.8 Å². The Labute approximate surface area is 200 Å². The van der Waals surface area contributed by atoms with E-state index in [1.165, 1.54) is 4.88 Å². The zero-order valence-electron chi connectivity index (χ0n) is 19.5. The molecule has 33 heavy (non-hydrogen) atoms. The second kappa shape index (κ2) is 12.4. The number of rotatable bonds is 11. The normalized spacial score (nSPS) is 18.5. The molecule has 2 aliphatic heterocycles. The summed E-state index contributed by atoms with van der Waals surface area (Å²) in [6.07, 6.45) is 1.61. The van der Waals surface area contributed by atoms with Gasteiger partial charge in [0, 0.05) is 50.7 Å². The van der Waals surface area contributed by atoms with Gasteiger partial charge in [-0.15, -0.1) is 11.3 Å². The minimum atomic E-state index is -0.159. The molecule has 7 nitrogen and oxygen atoms in total. The van der Waals surface area contributed by atoms with Crippen LogP contribution in [-0.4, -0.2) is 81.9 Å². The molecular formula is C25H35N3O4S. The van der Waals surface area contributed by atoms with Gasteiger partial charge in [0.1, 0.15) is 18.1 Å². The van der Waals surface area contributed by atoms with Crippen LogP contribution in [0.2, 0.25) is 0 Å². The van der Waals surface area contributed by atoms with Crippen molar-refractivity contribution in [1.29, 1.82) is 0 Å². The number of morpholine rings is 1. The Morgan fingerprint density at radius 2 is 2.15 bits per heavy atom. The summed E-state index contributed by atoms with van der Waals surface area (Å²) in [7, 11) is 1.65. The summed E-state index contributed by atoms with van der Waals surface area (Å²) >= 11 is 1.80. The molecule has 0 bridgehead atoms. The molecule has 4 rings (SSSR count). The van der Waals surface area contributed by atoms with E-state index < -0.39 is 0 Å². The first kappa shape index (κ1) is 24.0. The summed E-state index contributed by atoms with van der Waals surface area (Å²) in [6, 6.07) is 10.1. The zero-order chi connectivity index (χ0) is 22.9. The first-order valence-electron chi connectivity index (χ1n) is 11.8. The van der Waals surface area contributed by atoms with Crippen LogP contribution in [-0.2, 0) is 22.5 Å². The average Bonchev–Trinajstić information content (AvgIpc) is 3.37. The van der Waals surface area contributed by atoms with Gasteiger partial charge in [-0.2, -0.15) is 0 Å². The van der Waals surface area contributed by atoms with Crippen LogP contribution >= 0.6 is 11.3 Å². The lowest BCUT2D eigenvalue weighted by Crippen LogP contribution is -2.42. The van der Waals surface area contributed by atoms with Crippen molar-refractivity contribution in [3.63, 3.8) is 0 Å². The Kier molecular flexibility index (Phi) is 9.00. The molecule has 1 saturated heterocycles. The molecule has 180 valence electrons. The maximum atomic E-state index is 12.7. The van der Waals surface area contributed by atoms with Crippen molar-refractivity contribution in [2.75, 3.05) is 66.2 Å². The first-order valence-corrected chi connectivity index (χ1v) is 12.7. The van der Waals surface area contributed by atoms with E-state index in [0.717, 1.165) is 76.0 Å². The lowest BCUT2D eigenvalue weighted by atomic mass is 9.96. The van der Waals surface area contributed by atoms with Crippen molar-refractivity contribution in [2.24, 2.45) is 5.92 Å². The Bertz CT molecular complexity index is 871. The summed E-state index contributed by atoms with van der Waals surface area (Å²) in [5.74, 6) is 1.56. The molecular weight excluding hydrogens is 438 g/mol. The number of hydrogen-bond acceptors (Lipinski definition) is 7. The lowest BCUT2D eigenvalue weighted by Gasteiger charge is -2.30. The smallest absolute Gasteiger partial charge is 0.226 e. The lowest BCUT2D eigenvalue weighted by molar-refractivity contribution is -0.126. The molecule has 0 unspecified atom stereocenters. The number of fused-ring (bicyclic) bond motifs is 1. The summed E-state index contributed by atoms with van der Waals surface area (Å²) in [4.78, 5) is 19.1. The maximum Gasteiger partial charge on any atom is 0.226 e. The van der Waals surface area contributed by atoms with Crippen molar-refractivity contribution in [3.05, 3.63) is 46.2 Å². The van der Waals surface area contributed by atoms with Gasteiger partial charge in [0.05, 0.1) is 26.2 Å². The van der Waals surface area contributed by atoms with E-state index in [4.69, 9.17) is 14.2 Å². The predicted molar refractivity (Wildman–Crippen MR) is 130 cm³/mol. The number of thiophene rings is 1. The second-order valence-corrected chi connectivity index (χ2v) is 9.67. The van der Waals surface area contributed by atoms with Crippen molar-refractivity contribution >= 4 is 17.2 Å². The summed E-state index contributed by atoms with van der Waals surface area (Å²) in [6.45, 7) is 8.81. The van der Waals surface area contributed by atoms with Gasteiger partial charge >= 0.3 is 0 Å². The molecule has 1 N–H and O–H groups in total. The number of benzene rings is 1. The van der Waals surface area contributed by atoms with Gasteiger partial charge in [-0.1, -0.05) is 6.07 Å². The number of hydrogen-bond donors (Lipinski definition) is 1. The van der Waals surface area contributed by atoms with Crippen LogP contribution in [0.5, 0.6) is 11.5 Å². The number of ether oxygens (including phenoxy) is 3. The molecule has 0 spiro atoms. The molecule has 8 heteroatoms. The third kappa shape index (κ3) is 7.17. The molecule has 2 aliphatic rings. The van der Waals surface area contributed by atoms with E-state index in [9.17, 15) is 4.79 Å². The number of nitrogens with zero attached hydrogens (tertiary/aromatic N) is 2. The molecule has 0 saturated carbocycles. The van der Waals surface area contributed by atoms with E-state index in [0.29, 0.717) is 19.6 Å². The van der Waals surface area contributed by atoms with Gasteiger partial charge in [0.15, 0.2) is 0 Å². The van der Waals surface area contributed by atoms with Crippen LogP contribution in [0.1, 0.15) is 16.9 Å². The van der Waals surface area contributed by atoms with E-state index in [2.05, 4.69) is 32.6 Å². The van der Waals surface area contributed by atoms with Crippen LogP contribution in [0.25, 0.3) is 0 Å². The third-order valence-electron chi connectivity index (χ3n) is 6.29. The SMILES string of the molecule is COc1ccc2c(c1)C[C@H](C(=O)NCCCN(CCN1CCOCC1)Cc1cccs1)CO2. The van der Waals surface area contributed by atoms with Gasteiger partial charge in [0.25, 0.3) is 0 Å². The Balaban J connectivity index is 1.21. The topological polar surface area (TPSA) is 63.3 Å². The monoisotopic (exact) mass is 473 g/mol. The quantitative estimate of drug-likeness (QED) is 0.507. The second-order valence-electron chi connectivity index (χ2n) is 8.64. The van der Waals surface area contributed by atoms with Gasteiger partial charge in [0.2, 0.25) is 5.91 Å². The molecule has 0 radical (unpaired) electrons. The standard InChI is InChI=1S/C25H35N3O4S/c1-30-22-5-6-24-20(17-22)16-21(19-32-24)25(29)26-7-3-8-28(18-23-4-2-15-33-23)10-9-27-11-13-31-14-12-27/h2,4-6,15,17,21H,3,7-14,16,18-19H2,1H3,(H,26,29)/t21-/m0/s1. The fraction of sp³-hybridized carbons (Fsp3) is 0.560. The highest BCUT2D eigenvalue weighted by atomic mass is 32.1. The van der Waals surface area contributed by atoms with Crippen molar-refractivity contribution < 1.29 is 19.0 Å². The van der Waals surface area contributed by atoms with Gasteiger partial charge in [-0.25, -0.2) is 0 Å². The molecule has 1 aromatic carbocycles. The molecule has 1 fully saturated rings. The number of carbonyl (C=O) groups is 1. The predicted octanol–water partition coefficient (Wildman–Crippen LogP) is 2.65. The molecule has 2 aromatic rings. The minimum absolute atomic E-state index is 0.0709. The largest absolute Gasteiger partial charge is 0.497 e. The zero-order valence-corrected chi connectivity index (χ0v) is 20.3.